The third-order valence-corrected chi connectivity index (χ3v) is 3.26. The van der Waals surface area contributed by atoms with E-state index < -0.39 is 0 Å². The summed E-state index contributed by atoms with van der Waals surface area (Å²) < 4.78 is 0. The SMILES string of the molecule is CC1=CCC2CCN(C)C2C1. The smallest absolute Gasteiger partial charge is 0.0161 e. The summed E-state index contributed by atoms with van der Waals surface area (Å²) in [6.45, 7) is 3.58. The van der Waals surface area contributed by atoms with Crippen LogP contribution in [0.25, 0.3) is 0 Å². The van der Waals surface area contributed by atoms with Crippen molar-refractivity contribution in [2.75, 3.05) is 13.6 Å². The maximum absolute atomic E-state index is 2.53. The Hall–Kier alpha value is -0.300. The molecule has 2 atom stereocenters. The van der Waals surface area contributed by atoms with Gasteiger partial charge < -0.3 is 4.90 Å². The molecule has 1 nitrogen and oxygen atoms in total. The average Bonchev–Trinajstić information content (AvgIpc) is 2.33. The highest BCUT2D eigenvalue weighted by Crippen LogP contribution is 2.34. The Balaban J connectivity index is 2.11. The molecular weight excluding hydrogens is 134 g/mol. The molecule has 1 fully saturated rings. The van der Waals surface area contributed by atoms with Crippen LogP contribution >= 0.6 is 0 Å². The van der Waals surface area contributed by atoms with E-state index in [1.807, 2.05) is 0 Å². The molecule has 0 amide bonds. The van der Waals surface area contributed by atoms with E-state index in [0.29, 0.717) is 0 Å². The van der Waals surface area contributed by atoms with Crippen molar-refractivity contribution in [2.24, 2.45) is 5.92 Å². The number of rotatable bonds is 0. The lowest BCUT2D eigenvalue weighted by atomic mass is 9.86. The third-order valence-electron chi connectivity index (χ3n) is 3.26. The number of fused-ring (bicyclic) bond motifs is 1. The molecule has 0 spiro atoms. The first kappa shape index (κ1) is 7.35. The van der Waals surface area contributed by atoms with Crippen molar-refractivity contribution in [3.8, 4) is 0 Å². The van der Waals surface area contributed by atoms with Gasteiger partial charge in [0.15, 0.2) is 0 Å². The molecule has 0 aromatic heterocycles. The maximum atomic E-state index is 2.53. The molecule has 1 heteroatoms. The van der Waals surface area contributed by atoms with Gasteiger partial charge in [0.2, 0.25) is 0 Å². The van der Waals surface area contributed by atoms with Crippen molar-refractivity contribution in [1.29, 1.82) is 0 Å². The van der Waals surface area contributed by atoms with E-state index >= 15 is 0 Å². The molecule has 2 aliphatic rings. The molecule has 2 rings (SSSR count). The molecule has 11 heavy (non-hydrogen) atoms. The zero-order chi connectivity index (χ0) is 7.84. The van der Waals surface area contributed by atoms with Crippen molar-refractivity contribution in [3.63, 3.8) is 0 Å². The Bertz CT molecular complexity index is 183. The average molecular weight is 151 g/mol. The van der Waals surface area contributed by atoms with E-state index in [1.54, 1.807) is 5.57 Å². The van der Waals surface area contributed by atoms with E-state index in [1.165, 1.54) is 25.8 Å². The van der Waals surface area contributed by atoms with E-state index in [2.05, 4.69) is 24.9 Å². The normalized spacial score (nSPS) is 38.5. The van der Waals surface area contributed by atoms with Crippen molar-refractivity contribution in [2.45, 2.75) is 32.2 Å². The van der Waals surface area contributed by atoms with Gasteiger partial charge in [-0.05, 0) is 45.7 Å². The Morgan fingerprint density at radius 1 is 1.55 bits per heavy atom. The van der Waals surface area contributed by atoms with E-state index in [0.717, 1.165) is 12.0 Å². The molecule has 0 aromatic rings. The van der Waals surface area contributed by atoms with Crippen LogP contribution in [-0.2, 0) is 0 Å². The lowest BCUT2D eigenvalue weighted by Crippen LogP contribution is -2.31. The van der Waals surface area contributed by atoms with Gasteiger partial charge in [-0.1, -0.05) is 11.6 Å². The monoisotopic (exact) mass is 151 g/mol. The predicted octanol–water partition coefficient (Wildman–Crippen LogP) is 2.05. The van der Waals surface area contributed by atoms with Crippen molar-refractivity contribution >= 4 is 0 Å². The van der Waals surface area contributed by atoms with E-state index in [9.17, 15) is 0 Å². The van der Waals surface area contributed by atoms with Crippen molar-refractivity contribution in [3.05, 3.63) is 11.6 Å². The van der Waals surface area contributed by atoms with Crippen LogP contribution in [0, 0.1) is 5.92 Å². The van der Waals surface area contributed by atoms with Gasteiger partial charge in [-0.15, -0.1) is 0 Å². The zero-order valence-corrected chi connectivity index (χ0v) is 7.51. The standard InChI is InChI=1S/C10H17N/c1-8-3-4-9-5-6-11(2)10(9)7-8/h3,9-10H,4-7H2,1-2H3. The van der Waals surface area contributed by atoms with Crippen molar-refractivity contribution < 1.29 is 0 Å². The Labute approximate surface area is 69.1 Å². The Morgan fingerprint density at radius 3 is 3.18 bits per heavy atom. The van der Waals surface area contributed by atoms with Crippen LogP contribution in [0.1, 0.15) is 26.2 Å². The Morgan fingerprint density at radius 2 is 2.36 bits per heavy atom. The van der Waals surface area contributed by atoms with E-state index in [4.69, 9.17) is 0 Å². The largest absolute Gasteiger partial charge is 0.303 e. The molecule has 0 bridgehead atoms. The minimum Gasteiger partial charge on any atom is -0.303 e. The summed E-state index contributed by atoms with van der Waals surface area (Å²) in [6, 6.07) is 0.875. The topological polar surface area (TPSA) is 3.24 Å². The lowest BCUT2D eigenvalue weighted by molar-refractivity contribution is 0.262. The quantitative estimate of drug-likeness (QED) is 0.479. The molecule has 0 aromatic carbocycles. The highest BCUT2D eigenvalue weighted by atomic mass is 15.2. The predicted molar refractivity (Wildman–Crippen MR) is 47.5 cm³/mol. The van der Waals surface area contributed by atoms with Gasteiger partial charge in [-0.3, -0.25) is 0 Å². The molecule has 62 valence electrons. The van der Waals surface area contributed by atoms with Gasteiger partial charge in [0.05, 0.1) is 0 Å². The van der Waals surface area contributed by atoms with Crippen LogP contribution in [0.3, 0.4) is 0 Å². The minimum atomic E-state index is 0.875. The maximum Gasteiger partial charge on any atom is 0.0161 e. The molecule has 1 heterocycles. The number of hydrogen-bond donors (Lipinski definition) is 0. The lowest BCUT2D eigenvalue weighted by Gasteiger charge is -2.28. The molecule has 2 unspecified atom stereocenters. The van der Waals surface area contributed by atoms with E-state index in [-0.39, 0.29) is 0 Å². The summed E-state index contributed by atoms with van der Waals surface area (Å²) in [4.78, 5) is 2.53. The third kappa shape index (κ3) is 1.22. The number of likely N-dealkylation sites (tertiary alicyclic amines) is 1. The van der Waals surface area contributed by atoms with Gasteiger partial charge in [0.25, 0.3) is 0 Å². The van der Waals surface area contributed by atoms with Gasteiger partial charge in [0.1, 0.15) is 0 Å². The summed E-state index contributed by atoms with van der Waals surface area (Å²) >= 11 is 0. The molecule has 0 N–H and O–H groups in total. The number of nitrogens with zero attached hydrogens (tertiary/aromatic N) is 1. The summed E-state index contributed by atoms with van der Waals surface area (Å²) in [6.07, 6.45) is 6.51. The number of allylic oxidation sites excluding steroid dienone is 1. The first-order chi connectivity index (χ1) is 5.27. The fourth-order valence-electron chi connectivity index (χ4n) is 2.45. The second kappa shape index (κ2) is 2.63. The molecular formula is C10H17N. The van der Waals surface area contributed by atoms with Gasteiger partial charge in [-0.25, -0.2) is 0 Å². The van der Waals surface area contributed by atoms with Crippen LogP contribution in [-0.4, -0.2) is 24.5 Å². The highest BCUT2D eigenvalue weighted by molar-refractivity contribution is 5.09. The molecule has 1 aliphatic heterocycles. The van der Waals surface area contributed by atoms with Gasteiger partial charge >= 0.3 is 0 Å². The summed E-state index contributed by atoms with van der Waals surface area (Å²) in [5, 5.41) is 0. The van der Waals surface area contributed by atoms with Gasteiger partial charge in [0, 0.05) is 6.04 Å². The second-order valence-electron chi connectivity index (χ2n) is 4.09. The van der Waals surface area contributed by atoms with Crippen LogP contribution in [0.5, 0.6) is 0 Å². The molecule has 1 aliphatic carbocycles. The fraction of sp³-hybridized carbons (Fsp3) is 0.800. The Kier molecular flexibility index (Phi) is 1.76. The zero-order valence-electron chi connectivity index (χ0n) is 7.51. The summed E-state index contributed by atoms with van der Waals surface area (Å²) in [7, 11) is 2.27. The van der Waals surface area contributed by atoms with Crippen LogP contribution in [0.4, 0.5) is 0 Å². The first-order valence-corrected chi connectivity index (χ1v) is 4.63. The molecule has 1 saturated heterocycles. The van der Waals surface area contributed by atoms with Crippen LogP contribution in [0.15, 0.2) is 11.6 Å². The molecule has 0 radical (unpaired) electrons. The minimum absolute atomic E-state index is 0.875. The fourth-order valence-corrected chi connectivity index (χ4v) is 2.45. The molecule has 0 saturated carbocycles. The summed E-state index contributed by atoms with van der Waals surface area (Å²) in [5.41, 5.74) is 1.60. The van der Waals surface area contributed by atoms with Crippen LogP contribution in [0.2, 0.25) is 0 Å². The van der Waals surface area contributed by atoms with Crippen molar-refractivity contribution in [1.82, 2.24) is 4.90 Å². The summed E-state index contributed by atoms with van der Waals surface area (Å²) in [5.74, 6) is 0.976. The van der Waals surface area contributed by atoms with Gasteiger partial charge in [-0.2, -0.15) is 0 Å². The second-order valence-corrected chi connectivity index (χ2v) is 4.09. The van der Waals surface area contributed by atoms with Crippen LogP contribution < -0.4 is 0 Å². The first-order valence-electron chi connectivity index (χ1n) is 4.63. The number of hydrogen-bond acceptors (Lipinski definition) is 1. The highest BCUT2D eigenvalue weighted by Gasteiger charge is 2.32.